The van der Waals surface area contributed by atoms with Crippen molar-refractivity contribution in [1.29, 1.82) is 0 Å². The second-order valence-corrected chi connectivity index (χ2v) is 16.5. The molecule has 63 heavy (non-hydrogen) atoms. The largest absolute Gasteiger partial charge is 0.309 e. The van der Waals surface area contributed by atoms with Gasteiger partial charge in [0.2, 0.25) is 0 Å². The summed E-state index contributed by atoms with van der Waals surface area (Å²) in [4.78, 5) is 0. The lowest BCUT2D eigenvalue weighted by Gasteiger charge is -2.19. The highest BCUT2D eigenvalue weighted by Crippen LogP contribution is 2.41. The van der Waals surface area contributed by atoms with Crippen molar-refractivity contribution >= 4 is 43.1 Å². The van der Waals surface area contributed by atoms with E-state index in [0.717, 1.165) is 17.1 Å². The van der Waals surface area contributed by atoms with Crippen LogP contribution in [0.2, 0.25) is 0 Å². The summed E-state index contributed by atoms with van der Waals surface area (Å²) < 4.78 is 2.44. The molecular weight excluding hydrogens is 759 g/mol. The minimum absolute atomic E-state index is 1.12. The van der Waals surface area contributed by atoms with E-state index in [0.29, 0.717) is 0 Å². The summed E-state index contributed by atoms with van der Waals surface area (Å²) in [6.45, 7) is 0. The summed E-state index contributed by atoms with van der Waals surface area (Å²) in [5.74, 6) is 0. The Morgan fingerprint density at radius 2 is 0.635 bits per heavy atom. The van der Waals surface area contributed by atoms with Crippen LogP contribution in [0.3, 0.4) is 0 Å². The van der Waals surface area contributed by atoms with Crippen LogP contribution in [0.4, 0.5) is 0 Å². The molecule has 1 aromatic heterocycles. The molecule has 1 heteroatoms. The molecule has 0 aliphatic rings. The Morgan fingerprint density at radius 1 is 0.206 bits per heavy atom. The van der Waals surface area contributed by atoms with Crippen LogP contribution in [-0.4, -0.2) is 4.57 Å². The maximum Gasteiger partial charge on any atom is 0.0535 e. The molecule has 0 unspecified atom stereocenters. The Labute approximate surface area is 367 Å². The first kappa shape index (κ1) is 36.6. The van der Waals surface area contributed by atoms with E-state index in [9.17, 15) is 0 Å². The van der Waals surface area contributed by atoms with Gasteiger partial charge in [-0.2, -0.15) is 0 Å². The number of aromatic nitrogens is 1. The van der Waals surface area contributed by atoms with E-state index >= 15 is 0 Å². The van der Waals surface area contributed by atoms with Crippen molar-refractivity contribution in [3.8, 4) is 72.7 Å². The highest BCUT2D eigenvalue weighted by molar-refractivity contribution is 6.10. The van der Waals surface area contributed by atoms with Gasteiger partial charge in [0.15, 0.2) is 0 Å². The first-order valence-electron chi connectivity index (χ1n) is 21.7. The average Bonchev–Trinajstić information content (AvgIpc) is 3.81. The predicted octanol–water partition coefficient (Wildman–Crippen LogP) is 17.1. The molecule has 0 bridgehead atoms. The van der Waals surface area contributed by atoms with Crippen LogP contribution >= 0.6 is 0 Å². The second kappa shape index (κ2) is 15.3. The minimum atomic E-state index is 1.12. The van der Waals surface area contributed by atoms with Crippen molar-refractivity contribution in [3.63, 3.8) is 0 Å². The van der Waals surface area contributed by atoms with Crippen LogP contribution in [-0.2, 0) is 0 Å². The molecule has 0 fully saturated rings. The van der Waals surface area contributed by atoms with E-state index < -0.39 is 0 Å². The first-order valence-corrected chi connectivity index (χ1v) is 21.7. The van der Waals surface area contributed by atoms with Crippen molar-refractivity contribution in [2.24, 2.45) is 0 Å². The zero-order valence-corrected chi connectivity index (χ0v) is 34.6. The fourth-order valence-corrected chi connectivity index (χ4v) is 9.55. The van der Waals surface area contributed by atoms with Crippen LogP contribution < -0.4 is 0 Å². The maximum absolute atomic E-state index is 2.44. The van der Waals surface area contributed by atoms with Crippen molar-refractivity contribution in [2.75, 3.05) is 0 Å². The number of rotatable bonds is 7. The van der Waals surface area contributed by atoms with Crippen molar-refractivity contribution < 1.29 is 0 Å². The third-order valence-corrected chi connectivity index (χ3v) is 12.8. The van der Waals surface area contributed by atoms with Gasteiger partial charge in [-0.3, -0.25) is 0 Å². The molecule has 0 aliphatic heterocycles. The van der Waals surface area contributed by atoms with Crippen molar-refractivity contribution in [1.82, 2.24) is 4.57 Å². The number of fused-ring (bicyclic) bond motifs is 4. The molecule has 1 heterocycles. The molecule has 12 aromatic rings. The molecule has 0 radical (unpaired) electrons. The molecule has 0 N–H and O–H groups in total. The summed E-state index contributed by atoms with van der Waals surface area (Å²) in [7, 11) is 0. The fourth-order valence-electron chi connectivity index (χ4n) is 9.55. The Balaban J connectivity index is 1.04. The lowest BCUT2D eigenvalue weighted by molar-refractivity contribution is 1.10. The van der Waals surface area contributed by atoms with Gasteiger partial charge in [0.05, 0.1) is 11.4 Å². The zero-order chi connectivity index (χ0) is 41.7. The van der Waals surface area contributed by atoms with Gasteiger partial charge in [-0.15, -0.1) is 0 Å². The molecule has 0 saturated carbocycles. The van der Waals surface area contributed by atoms with Gasteiger partial charge in [-0.25, -0.2) is 0 Å². The van der Waals surface area contributed by atoms with Gasteiger partial charge in [-0.05, 0) is 147 Å². The van der Waals surface area contributed by atoms with Crippen molar-refractivity contribution in [3.05, 3.63) is 249 Å². The molecule has 0 spiro atoms. The van der Waals surface area contributed by atoms with Gasteiger partial charge in [0.1, 0.15) is 0 Å². The second-order valence-electron chi connectivity index (χ2n) is 16.5. The minimum Gasteiger partial charge on any atom is -0.309 e. The molecule has 0 aliphatic carbocycles. The van der Waals surface area contributed by atoms with Gasteiger partial charge in [-0.1, -0.05) is 200 Å². The Hall–Kier alpha value is -8.26. The molecule has 294 valence electrons. The monoisotopic (exact) mass is 799 g/mol. The lowest BCUT2D eigenvalue weighted by atomic mass is 9.90. The molecule has 0 atom stereocenters. The summed E-state index contributed by atoms with van der Waals surface area (Å²) in [6, 6.07) is 91.2. The molecule has 12 rings (SSSR count). The van der Waals surface area contributed by atoms with Gasteiger partial charge >= 0.3 is 0 Å². The maximum atomic E-state index is 2.44. The normalized spacial score (nSPS) is 11.5. The Morgan fingerprint density at radius 3 is 1.19 bits per heavy atom. The third kappa shape index (κ3) is 6.68. The van der Waals surface area contributed by atoms with Gasteiger partial charge < -0.3 is 4.57 Å². The third-order valence-electron chi connectivity index (χ3n) is 12.8. The van der Waals surface area contributed by atoms with Gasteiger partial charge in [0.25, 0.3) is 0 Å². The zero-order valence-electron chi connectivity index (χ0n) is 34.6. The molecular formula is C62H41N. The molecule has 0 amide bonds. The highest BCUT2D eigenvalue weighted by Gasteiger charge is 2.18. The highest BCUT2D eigenvalue weighted by atomic mass is 15.0. The van der Waals surface area contributed by atoms with E-state index in [1.165, 1.54) is 98.7 Å². The topological polar surface area (TPSA) is 4.93 Å². The smallest absolute Gasteiger partial charge is 0.0535 e. The van der Waals surface area contributed by atoms with Gasteiger partial charge in [0, 0.05) is 5.69 Å². The van der Waals surface area contributed by atoms with E-state index in [-0.39, 0.29) is 0 Å². The fraction of sp³-hybridized carbons (Fsp3) is 0. The number of hydrogen-bond acceptors (Lipinski definition) is 0. The summed E-state index contributed by atoms with van der Waals surface area (Å²) in [6.07, 6.45) is 0. The molecule has 11 aromatic carbocycles. The van der Waals surface area contributed by atoms with Crippen molar-refractivity contribution in [2.45, 2.75) is 0 Å². The standard InChI is InChI=1S/C62H41N/c1-3-14-48(15-4-1)61-34-35-62(49-16-5-2-6-17-49)63(61)56-38-55-40-58-54(20-11-21-57(58)46-28-22-44(23-29-46)52-32-26-42-12-7-9-18-50(42)36-52)39-59(55)60(41-56)47-30-24-45(25-31-47)53-33-27-43-13-8-10-19-51(43)37-53/h1-41H. The summed E-state index contributed by atoms with van der Waals surface area (Å²) in [5.41, 5.74) is 15.4. The van der Waals surface area contributed by atoms with Crippen LogP contribution in [0.5, 0.6) is 0 Å². The van der Waals surface area contributed by atoms with E-state index in [1.54, 1.807) is 0 Å². The summed E-state index contributed by atoms with van der Waals surface area (Å²) >= 11 is 0. The number of benzene rings is 11. The van der Waals surface area contributed by atoms with Crippen LogP contribution in [0.15, 0.2) is 249 Å². The Kier molecular flexibility index (Phi) is 8.90. The van der Waals surface area contributed by atoms with E-state index in [2.05, 4.69) is 253 Å². The molecule has 1 nitrogen and oxygen atoms in total. The van der Waals surface area contributed by atoms with E-state index in [4.69, 9.17) is 0 Å². The Bertz CT molecular complexity index is 3580. The van der Waals surface area contributed by atoms with Crippen LogP contribution in [0.1, 0.15) is 0 Å². The van der Waals surface area contributed by atoms with Crippen LogP contribution in [0, 0.1) is 0 Å². The summed E-state index contributed by atoms with van der Waals surface area (Å²) in [5, 5.41) is 9.89. The predicted molar refractivity (Wildman–Crippen MR) is 268 cm³/mol. The first-order chi connectivity index (χ1) is 31.2. The number of hydrogen-bond donors (Lipinski definition) is 0. The van der Waals surface area contributed by atoms with E-state index in [1.807, 2.05) is 0 Å². The quantitative estimate of drug-likeness (QED) is 0.142. The SMILES string of the molecule is c1ccc(-c2ccc(-c3ccccc3)n2-c2cc(-c3ccc(-c4ccc5ccccc5c4)cc3)c3cc4cccc(-c5ccc(-c6ccc7ccccc7c6)cc5)c4cc3c2)cc1. The van der Waals surface area contributed by atoms with Crippen LogP contribution in [0.25, 0.3) is 116 Å². The number of nitrogens with zero attached hydrogens (tertiary/aromatic N) is 1. The molecule has 0 saturated heterocycles. The lowest BCUT2D eigenvalue weighted by Crippen LogP contribution is -2.00. The average molecular weight is 800 g/mol.